The number of hydrogen-bond acceptors (Lipinski definition) is 4. The minimum absolute atomic E-state index is 0.0322. The Bertz CT molecular complexity index is 767. The maximum atomic E-state index is 11.1. The first-order valence-electron chi connectivity index (χ1n) is 5.65. The quantitative estimate of drug-likeness (QED) is 0.805. The Morgan fingerprint density at radius 2 is 2.15 bits per heavy atom. The second-order valence-electron chi connectivity index (χ2n) is 3.92. The molecule has 3 heterocycles. The third kappa shape index (κ3) is 2.31. The normalized spacial score (nSPS) is 10.7. The Morgan fingerprint density at radius 3 is 2.75 bits per heavy atom. The summed E-state index contributed by atoms with van der Waals surface area (Å²) in [5, 5.41) is 13.2. The van der Waals surface area contributed by atoms with Crippen LogP contribution in [0.3, 0.4) is 0 Å². The number of thiophene rings is 1. The largest absolute Gasteiger partial charge is 0.476 e. The summed E-state index contributed by atoms with van der Waals surface area (Å²) in [5.74, 6) is -0.525. The van der Waals surface area contributed by atoms with E-state index in [1.54, 1.807) is 24.4 Å². The minimum atomic E-state index is -1.08. The molecule has 1 N–H and O–H groups in total. The molecule has 0 saturated heterocycles. The Morgan fingerprint density at radius 1 is 1.30 bits per heavy atom. The Hall–Kier alpha value is -2.18. The summed E-state index contributed by atoms with van der Waals surface area (Å²) in [4.78, 5) is 16.1. The molecule has 0 saturated carbocycles. The predicted octanol–water partition coefficient (Wildman–Crippen LogP) is 3.35. The van der Waals surface area contributed by atoms with Crippen molar-refractivity contribution >= 4 is 28.9 Å². The van der Waals surface area contributed by atoms with Crippen LogP contribution in [0.25, 0.3) is 16.4 Å². The van der Waals surface area contributed by atoms with Crippen LogP contribution in [0.5, 0.6) is 0 Å². The lowest BCUT2D eigenvalue weighted by atomic mass is 10.3. The highest BCUT2D eigenvalue weighted by atomic mass is 35.5. The first-order valence-corrected chi connectivity index (χ1v) is 6.85. The molecule has 0 aliphatic rings. The molecular formula is C13H8ClN3O2S. The fourth-order valence-electron chi connectivity index (χ4n) is 1.77. The smallest absolute Gasteiger partial charge is 0.356 e. The van der Waals surface area contributed by atoms with Crippen LogP contribution in [0, 0.1) is 0 Å². The molecule has 0 unspecified atom stereocenters. The first kappa shape index (κ1) is 12.8. The van der Waals surface area contributed by atoms with Gasteiger partial charge in [-0.2, -0.15) is 5.10 Å². The van der Waals surface area contributed by atoms with Crippen molar-refractivity contribution in [1.29, 1.82) is 0 Å². The van der Waals surface area contributed by atoms with Crippen LogP contribution < -0.4 is 0 Å². The molecule has 0 aliphatic heterocycles. The zero-order valence-electron chi connectivity index (χ0n) is 10.0. The van der Waals surface area contributed by atoms with Gasteiger partial charge in [-0.05, 0) is 24.3 Å². The van der Waals surface area contributed by atoms with Crippen LogP contribution in [-0.2, 0) is 0 Å². The van der Waals surface area contributed by atoms with Gasteiger partial charge in [0.25, 0.3) is 0 Å². The van der Waals surface area contributed by atoms with Gasteiger partial charge in [0, 0.05) is 12.3 Å². The fraction of sp³-hybridized carbons (Fsp3) is 0. The minimum Gasteiger partial charge on any atom is -0.476 e. The second kappa shape index (κ2) is 5.07. The van der Waals surface area contributed by atoms with Crippen molar-refractivity contribution < 1.29 is 9.90 Å². The van der Waals surface area contributed by atoms with E-state index in [2.05, 4.69) is 10.1 Å². The standard InChI is InChI=1S/C13H8ClN3O2S/c14-11-5-4-10(20-11)9-7-8(13(18)19)16-17(9)12-3-1-2-6-15-12/h1-7H,(H,18,19). The van der Waals surface area contributed by atoms with Crippen molar-refractivity contribution in [3.05, 3.63) is 52.6 Å². The van der Waals surface area contributed by atoms with Crippen LogP contribution in [0.1, 0.15) is 10.5 Å². The number of aromatic nitrogens is 3. The number of carboxylic acids is 1. The molecule has 0 radical (unpaired) electrons. The van der Waals surface area contributed by atoms with Crippen LogP contribution in [-0.4, -0.2) is 25.8 Å². The van der Waals surface area contributed by atoms with E-state index in [1.807, 2.05) is 12.1 Å². The van der Waals surface area contributed by atoms with Gasteiger partial charge >= 0.3 is 5.97 Å². The summed E-state index contributed by atoms with van der Waals surface area (Å²) >= 11 is 7.29. The van der Waals surface area contributed by atoms with Crippen molar-refractivity contribution in [1.82, 2.24) is 14.8 Å². The highest BCUT2D eigenvalue weighted by molar-refractivity contribution is 7.19. The van der Waals surface area contributed by atoms with Gasteiger partial charge in [0.1, 0.15) is 0 Å². The SMILES string of the molecule is O=C(O)c1cc(-c2ccc(Cl)s2)n(-c2ccccn2)n1. The molecule has 0 aliphatic carbocycles. The van der Waals surface area contributed by atoms with Gasteiger partial charge in [0.15, 0.2) is 11.5 Å². The van der Waals surface area contributed by atoms with E-state index in [0.717, 1.165) is 4.88 Å². The molecule has 7 heteroatoms. The molecule has 0 amide bonds. The van der Waals surface area contributed by atoms with E-state index in [4.69, 9.17) is 16.7 Å². The van der Waals surface area contributed by atoms with Gasteiger partial charge in [-0.15, -0.1) is 11.3 Å². The number of carboxylic acid groups (broad SMARTS) is 1. The fourth-order valence-corrected chi connectivity index (χ4v) is 2.81. The van der Waals surface area contributed by atoms with Gasteiger partial charge in [-0.1, -0.05) is 17.7 Å². The van der Waals surface area contributed by atoms with Crippen LogP contribution in [0.2, 0.25) is 4.34 Å². The molecule has 100 valence electrons. The summed E-state index contributed by atoms with van der Waals surface area (Å²) in [6, 6.07) is 10.5. The summed E-state index contributed by atoms with van der Waals surface area (Å²) in [6.45, 7) is 0. The van der Waals surface area contributed by atoms with E-state index in [1.165, 1.54) is 22.1 Å². The van der Waals surface area contributed by atoms with Gasteiger partial charge < -0.3 is 5.11 Å². The molecule has 0 atom stereocenters. The number of nitrogens with zero attached hydrogens (tertiary/aromatic N) is 3. The van der Waals surface area contributed by atoms with Crippen LogP contribution >= 0.6 is 22.9 Å². The number of halogens is 1. The van der Waals surface area contributed by atoms with Crippen LogP contribution in [0.4, 0.5) is 0 Å². The second-order valence-corrected chi connectivity index (χ2v) is 5.64. The van der Waals surface area contributed by atoms with Crippen molar-refractivity contribution in [2.24, 2.45) is 0 Å². The molecule has 0 bridgehead atoms. The average Bonchev–Trinajstić information content (AvgIpc) is 3.05. The molecule has 0 fully saturated rings. The number of pyridine rings is 1. The zero-order valence-corrected chi connectivity index (χ0v) is 11.6. The third-order valence-corrected chi connectivity index (χ3v) is 3.87. The third-order valence-electron chi connectivity index (χ3n) is 2.62. The lowest BCUT2D eigenvalue weighted by Crippen LogP contribution is -2.03. The Labute approximate surface area is 123 Å². The zero-order chi connectivity index (χ0) is 14.1. The molecular weight excluding hydrogens is 298 g/mol. The van der Waals surface area contributed by atoms with Crippen molar-refractivity contribution in [3.8, 4) is 16.4 Å². The molecule has 0 spiro atoms. The lowest BCUT2D eigenvalue weighted by Gasteiger charge is -2.03. The van der Waals surface area contributed by atoms with Gasteiger partial charge in [0.2, 0.25) is 0 Å². The Balaban J connectivity index is 2.20. The summed E-state index contributed by atoms with van der Waals surface area (Å²) in [5.41, 5.74) is 0.619. The summed E-state index contributed by atoms with van der Waals surface area (Å²) in [7, 11) is 0. The summed E-state index contributed by atoms with van der Waals surface area (Å²) in [6.07, 6.45) is 1.63. The molecule has 3 rings (SSSR count). The van der Waals surface area contributed by atoms with E-state index in [0.29, 0.717) is 15.8 Å². The number of carbonyl (C=O) groups is 1. The van der Waals surface area contributed by atoms with Crippen molar-refractivity contribution in [3.63, 3.8) is 0 Å². The lowest BCUT2D eigenvalue weighted by molar-refractivity contribution is 0.0690. The highest BCUT2D eigenvalue weighted by Crippen LogP contribution is 2.32. The molecule has 3 aromatic heterocycles. The van der Waals surface area contributed by atoms with E-state index in [9.17, 15) is 4.79 Å². The maximum Gasteiger partial charge on any atom is 0.356 e. The first-order chi connectivity index (χ1) is 9.65. The van der Waals surface area contributed by atoms with Gasteiger partial charge in [0.05, 0.1) is 14.9 Å². The van der Waals surface area contributed by atoms with Crippen molar-refractivity contribution in [2.75, 3.05) is 0 Å². The van der Waals surface area contributed by atoms with Gasteiger partial charge in [-0.3, -0.25) is 0 Å². The van der Waals surface area contributed by atoms with Crippen molar-refractivity contribution in [2.45, 2.75) is 0 Å². The highest BCUT2D eigenvalue weighted by Gasteiger charge is 2.17. The van der Waals surface area contributed by atoms with Crippen LogP contribution in [0.15, 0.2) is 42.6 Å². The van der Waals surface area contributed by atoms with E-state index < -0.39 is 5.97 Å². The van der Waals surface area contributed by atoms with E-state index >= 15 is 0 Å². The summed E-state index contributed by atoms with van der Waals surface area (Å²) < 4.78 is 2.14. The Kier molecular flexibility index (Phi) is 3.25. The average molecular weight is 306 g/mol. The number of hydrogen-bond donors (Lipinski definition) is 1. The molecule has 5 nitrogen and oxygen atoms in total. The molecule has 0 aromatic carbocycles. The maximum absolute atomic E-state index is 11.1. The van der Waals surface area contributed by atoms with Gasteiger partial charge in [-0.25, -0.2) is 14.5 Å². The monoisotopic (exact) mass is 305 g/mol. The number of aromatic carboxylic acids is 1. The van der Waals surface area contributed by atoms with E-state index in [-0.39, 0.29) is 5.69 Å². The number of rotatable bonds is 3. The topological polar surface area (TPSA) is 68.0 Å². The predicted molar refractivity (Wildman–Crippen MR) is 76.6 cm³/mol. The molecule has 20 heavy (non-hydrogen) atoms. The molecule has 3 aromatic rings.